The van der Waals surface area contributed by atoms with Crippen LogP contribution in [0.4, 0.5) is 0 Å². The Morgan fingerprint density at radius 2 is 2.28 bits per heavy atom. The average Bonchev–Trinajstić information content (AvgIpc) is 2.97. The first-order chi connectivity index (χ1) is 8.52. The molecule has 1 atom stereocenters. The number of H-pyrrole nitrogens is 1. The molecule has 6 heteroatoms. The fraction of sp³-hybridized carbons (Fsp3) is 0.417. The summed E-state index contributed by atoms with van der Waals surface area (Å²) in [7, 11) is 0. The molecule has 0 unspecified atom stereocenters. The quantitative estimate of drug-likeness (QED) is 0.786. The Morgan fingerprint density at radius 1 is 1.56 bits per heavy atom. The number of hydrogen-bond donors (Lipinski definition) is 2. The third kappa shape index (κ3) is 2.01. The van der Waals surface area contributed by atoms with Crippen molar-refractivity contribution in [2.75, 3.05) is 6.54 Å². The molecule has 1 aliphatic rings. The van der Waals surface area contributed by atoms with Crippen molar-refractivity contribution < 1.29 is 14.7 Å². The molecule has 18 heavy (non-hydrogen) atoms. The van der Waals surface area contributed by atoms with Crippen molar-refractivity contribution in [3.63, 3.8) is 0 Å². The molecule has 96 valence electrons. The molecule has 2 rings (SSSR count). The van der Waals surface area contributed by atoms with Gasteiger partial charge < -0.3 is 15.0 Å². The fourth-order valence-corrected chi connectivity index (χ4v) is 2.10. The van der Waals surface area contributed by atoms with Gasteiger partial charge in [0.05, 0.1) is 12.4 Å². The zero-order valence-corrected chi connectivity index (χ0v) is 10.3. The maximum absolute atomic E-state index is 12.3. The zero-order chi connectivity index (χ0) is 13.3. The second-order valence-corrected chi connectivity index (χ2v) is 4.55. The monoisotopic (exact) mass is 249 g/mol. The van der Waals surface area contributed by atoms with Gasteiger partial charge in [0.2, 0.25) is 0 Å². The van der Waals surface area contributed by atoms with Crippen LogP contribution in [0.3, 0.4) is 0 Å². The van der Waals surface area contributed by atoms with E-state index in [9.17, 15) is 9.59 Å². The first-order valence-electron chi connectivity index (χ1n) is 5.76. The summed E-state index contributed by atoms with van der Waals surface area (Å²) >= 11 is 0. The number of aromatic amines is 1. The number of nitrogens with zero attached hydrogens (tertiary/aromatic N) is 2. The fourth-order valence-electron chi connectivity index (χ4n) is 2.10. The van der Waals surface area contributed by atoms with Gasteiger partial charge in [0.1, 0.15) is 0 Å². The Morgan fingerprint density at radius 3 is 2.89 bits per heavy atom. The van der Waals surface area contributed by atoms with Gasteiger partial charge in [-0.2, -0.15) is 0 Å². The molecule has 0 fully saturated rings. The van der Waals surface area contributed by atoms with Gasteiger partial charge in [0.25, 0.3) is 5.91 Å². The highest BCUT2D eigenvalue weighted by Crippen LogP contribution is 2.20. The minimum Gasteiger partial charge on any atom is -0.477 e. The summed E-state index contributed by atoms with van der Waals surface area (Å²) in [5.41, 5.74) is -0.189. The number of aromatic carboxylic acids is 1. The summed E-state index contributed by atoms with van der Waals surface area (Å²) in [5, 5.41) is 8.96. The van der Waals surface area contributed by atoms with Crippen molar-refractivity contribution in [3.05, 3.63) is 29.9 Å². The van der Waals surface area contributed by atoms with E-state index in [4.69, 9.17) is 5.11 Å². The second-order valence-electron chi connectivity index (χ2n) is 4.55. The van der Waals surface area contributed by atoms with E-state index in [0.29, 0.717) is 6.54 Å². The highest BCUT2D eigenvalue weighted by Gasteiger charge is 2.31. The first kappa shape index (κ1) is 12.3. The summed E-state index contributed by atoms with van der Waals surface area (Å²) in [6, 6.07) is -0.00385. The summed E-state index contributed by atoms with van der Waals surface area (Å²) in [6.45, 7) is 4.53. The topological polar surface area (TPSA) is 86.3 Å². The predicted molar refractivity (Wildman–Crippen MR) is 64.3 cm³/mol. The van der Waals surface area contributed by atoms with E-state index in [1.54, 1.807) is 4.90 Å². The van der Waals surface area contributed by atoms with Crippen molar-refractivity contribution in [1.82, 2.24) is 14.9 Å². The minimum atomic E-state index is -1.18. The van der Waals surface area contributed by atoms with Gasteiger partial charge in [-0.05, 0) is 5.92 Å². The maximum Gasteiger partial charge on any atom is 0.354 e. The SMILES string of the molecule is CC(C)[C@H]1C=CCN1C(=O)c1nc[nH]c1C(=O)O. The molecule has 6 nitrogen and oxygen atoms in total. The Hall–Kier alpha value is -2.11. The largest absolute Gasteiger partial charge is 0.477 e. The number of imidazole rings is 1. The van der Waals surface area contributed by atoms with Crippen LogP contribution in [0.1, 0.15) is 34.8 Å². The molecule has 0 saturated carbocycles. The second kappa shape index (κ2) is 4.64. The molecular weight excluding hydrogens is 234 g/mol. The molecule has 1 amide bonds. The maximum atomic E-state index is 12.3. The highest BCUT2D eigenvalue weighted by molar-refractivity contribution is 6.02. The summed E-state index contributed by atoms with van der Waals surface area (Å²) in [4.78, 5) is 31.2. The molecule has 0 aliphatic carbocycles. The Balaban J connectivity index is 2.27. The van der Waals surface area contributed by atoms with Gasteiger partial charge in [0.15, 0.2) is 11.4 Å². The Bertz CT molecular complexity index is 504. The number of carboxylic acid groups (broad SMARTS) is 1. The van der Waals surface area contributed by atoms with Crippen molar-refractivity contribution in [1.29, 1.82) is 0 Å². The van der Waals surface area contributed by atoms with Crippen LogP contribution in [0, 0.1) is 5.92 Å². The van der Waals surface area contributed by atoms with E-state index in [0.717, 1.165) is 0 Å². The van der Waals surface area contributed by atoms with E-state index < -0.39 is 5.97 Å². The summed E-state index contributed by atoms with van der Waals surface area (Å²) in [6.07, 6.45) is 5.11. The number of amides is 1. The lowest BCUT2D eigenvalue weighted by Crippen LogP contribution is -2.39. The van der Waals surface area contributed by atoms with E-state index >= 15 is 0 Å². The molecule has 0 radical (unpaired) electrons. The highest BCUT2D eigenvalue weighted by atomic mass is 16.4. The third-order valence-corrected chi connectivity index (χ3v) is 2.99. The molecule has 2 N–H and O–H groups in total. The number of carboxylic acids is 1. The average molecular weight is 249 g/mol. The molecule has 1 aromatic heterocycles. The standard InChI is InChI=1S/C12H15N3O3/c1-7(2)8-4-3-5-15(8)11(16)9-10(12(17)18)14-6-13-9/h3-4,6-8H,5H2,1-2H3,(H,13,14)(H,17,18)/t8-/m1/s1. The van der Waals surface area contributed by atoms with Crippen LogP contribution in [0.2, 0.25) is 0 Å². The minimum absolute atomic E-state index is 0.00385. The van der Waals surface area contributed by atoms with Crippen LogP contribution in [0.5, 0.6) is 0 Å². The third-order valence-electron chi connectivity index (χ3n) is 2.99. The first-order valence-corrected chi connectivity index (χ1v) is 5.76. The van der Waals surface area contributed by atoms with Gasteiger partial charge >= 0.3 is 5.97 Å². The lowest BCUT2D eigenvalue weighted by molar-refractivity contribution is 0.0658. The van der Waals surface area contributed by atoms with Gasteiger partial charge in [0, 0.05) is 6.54 Å². The van der Waals surface area contributed by atoms with Crippen molar-refractivity contribution in [2.24, 2.45) is 5.92 Å². The molecule has 0 aromatic carbocycles. The van der Waals surface area contributed by atoms with Gasteiger partial charge in [-0.15, -0.1) is 0 Å². The molecule has 0 saturated heterocycles. The number of rotatable bonds is 3. The van der Waals surface area contributed by atoms with E-state index in [2.05, 4.69) is 9.97 Å². The number of hydrogen-bond acceptors (Lipinski definition) is 3. The predicted octanol–water partition coefficient (Wildman–Crippen LogP) is 1.14. The molecule has 2 heterocycles. The van der Waals surface area contributed by atoms with Crippen LogP contribution in [-0.2, 0) is 0 Å². The van der Waals surface area contributed by atoms with Crippen molar-refractivity contribution >= 4 is 11.9 Å². The lowest BCUT2D eigenvalue weighted by atomic mass is 10.0. The van der Waals surface area contributed by atoms with Crippen LogP contribution < -0.4 is 0 Å². The van der Waals surface area contributed by atoms with Crippen molar-refractivity contribution in [2.45, 2.75) is 19.9 Å². The van der Waals surface area contributed by atoms with Crippen molar-refractivity contribution in [3.8, 4) is 0 Å². The molecule has 1 aliphatic heterocycles. The van der Waals surface area contributed by atoms with E-state index in [1.165, 1.54) is 6.33 Å². The number of nitrogens with one attached hydrogen (secondary N) is 1. The number of carbonyl (C=O) groups is 2. The molecular formula is C12H15N3O3. The summed E-state index contributed by atoms with van der Waals surface area (Å²) in [5.74, 6) is -1.25. The van der Waals surface area contributed by atoms with E-state index in [-0.39, 0.29) is 29.3 Å². The summed E-state index contributed by atoms with van der Waals surface area (Å²) < 4.78 is 0. The zero-order valence-electron chi connectivity index (χ0n) is 10.3. The van der Waals surface area contributed by atoms with Crippen LogP contribution >= 0.6 is 0 Å². The number of carbonyl (C=O) groups excluding carboxylic acids is 1. The molecule has 0 spiro atoms. The van der Waals surface area contributed by atoms with Gasteiger partial charge in [-0.25, -0.2) is 9.78 Å². The normalized spacial score (nSPS) is 18.6. The molecule has 1 aromatic rings. The van der Waals surface area contributed by atoms with Crippen LogP contribution in [0.25, 0.3) is 0 Å². The lowest BCUT2D eigenvalue weighted by Gasteiger charge is -2.26. The smallest absolute Gasteiger partial charge is 0.354 e. The Labute approximate surface area is 104 Å². The number of aromatic nitrogens is 2. The van der Waals surface area contributed by atoms with Gasteiger partial charge in [-0.1, -0.05) is 26.0 Å². The Kier molecular flexibility index (Phi) is 3.18. The van der Waals surface area contributed by atoms with E-state index in [1.807, 2.05) is 26.0 Å². The van der Waals surface area contributed by atoms with Gasteiger partial charge in [-0.3, -0.25) is 4.79 Å². The van der Waals surface area contributed by atoms with Crippen LogP contribution in [0.15, 0.2) is 18.5 Å². The molecule has 0 bridgehead atoms. The van der Waals surface area contributed by atoms with Crippen LogP contribution in [-0.4, -0.2) is 44.4 Å².